The third kappa shape index (κ3) is 6.46. The van der Waals surface area contributed by atoms with E-state index in [2.05, 4.69) is 5.32 Å². The van der Waals surface area contributed by atoms with E-state index >= 15 is 0 Å². The van der Waals surface area contributed by atoms with Gasteiger partial charge >= 0.3 is 5.97 Å². The van der Waals surface area contributed by atoms with Crippen LogP contribution in [0.1, 0.15) is 33.2 Å². The van der Waals surface area contributed by atoms with Crippen molar-refractivity contribution in [3.8, 4) is 5.75 Å². The highest BCUT2D eigenvalue weighted by Crippen LogP contribution is 2.26. The number of thioether (sulfide) groups is 1. The van der Waals surface area contributed by atoms with Gasteiger partial charge in [-0.3, -0.25) is 9.59 Å². The quantitative estimate of drug-likeness (QED) is 0.282. The van der Waals surface area contributed by atoms with Crippen LogP contribution >= 0.6 is 11.8 Å². The Balaban J connectivity index is 1.55. The van der Waals surface area contributed by atoms with Crippen LogP contribution in [0.2, 0.25) is 0 Å². The summed E-state index contributed by atoms with van der Waals surface area (Å²) >= 11 is 1.46. The first kappa shape index (κ1) is 23.1. The predicted molar refractivity (Wildman–Crippen MR) is 124 cm³/mol. The maximum atomic E-state index is 12.5. The summed E-state index contributed by atoms with van der Waals surface area (Å²) in [6.07, 6.45) is 1.88. The largest absolute Gasteiger partial charge is 0.489 e. The van der Waals surface area contributed by atoms with Crippen LogP contribution in [0.25, 0.3) is 0 Å². The second kappa shape index (κ2) is 11.2. The van der Waals surface area contributed by atoms with Gasteiger partial charge in [0.1, 0.15) is 12.4 Å². The van der Waals surface area contributed by atoms with Crippen LogP contribution in [0.5, 0.6) is 5.75 Å². The van der Waals surface area contributed by atoms with E-state index in [1.54, 1.807) is 42.5 Å². The van der Waals surface area contributed by atoms with Gasteiger partial charge in [0, 0.05) is 17.4 Å². The molecule has 0 radical (unpaired) electrons. The number of esters is 1. The molecule has 0 aliphatic carbocycles. The summed E-state index contributed by atoms with van der Waals surface area (Å²) in [5.41, 5.74) is 2.15. The summed E-state index contributed by atoms with van der Waals surface area (Å²) in [4.78, 5) is 37.0. The summed E-state index contributed by atoms with van der Waals surface area (Å²) in [5.74, 6) is -0.405. The van der Waals surface area contributed by atoms with E-state index in [1.807, 2.05) is 36.6 Å². The molecule has 0 bridgehead atoms. The van der Waals surface area contributed by atoms with E-state index in [9.17, 15) is 14.4 Å². The third-order valence-electron chi connectivity index (χ3n) is 4.50. The first-order chi connectivity index (χ1) is 15.5. The Hall–Kier alpha value is -3.58. The van der Waals surface area contributed by atoms with Crippen LogP contribution in [-0.2, 0) is 16.1 Å². The first-order valence-electron chi connectivity index (χ1n) is 9.89. The lowest BCUT2D eigenvalue weighted by molar-refractivity contribution is -0.114. The highest BCUT2D eigenvalue weighted by molar-refractivity contribution is 7.98. The van der Waals surface area contributed by atoms with Crippen LogP contribution in [0.4, 0.5) is 5.69 Å². The normalized spacial score (nSPS) is 10.3. The summed E-state index contributed by atoms with van der Waals surface area (Å²) in [6.45, 7) is 1.38. The number of para-hydroxylation sites is 1. The second-order valence-electron chi connectivity index (χ2n) is 6.89. The summed E-state index contributed by atoms with van der Waals surface area (Å²) in [6, 6.07) is 21.3. The molecule has 0 aliphatic heterocycles. The van der Waals surface area contributed by atoms with Gasteiger partial charge in [0.05, 0.1) is 11.3 Å². The molecule has 32 heavy (non-hydrogen) atoms. The van der Waals surface area contributed by atoms with Gasteiger partial charge in [-0.1, -0.05) is 36.4 Å². The lowest BCUT2D eigenvalue weighted by atomic mass is 10.1. The van der Waals surface area contributed by atoms with Crippen molar-refractivity contribution >= 4 is 35.1 Å². The minimum Gasteiger partial charge on any atom is -0.489 e. The monoisotopic (exact) mass is 449 g/mol. The van der Waals surface area contributed by atoms with Crippen molar-refractivity contribution in [3.63, 3.8) is 0 Å². The molecule has 0 unspecified atom stereocenters. The number of carbonyl (C=O) groups excluding carboxylic acids is 3. The number of benzene rings is 3. The number of amides is 1. The molecule has 7 heteroatoms. The Bertz CT molecular complexity index is 1100. The van der Waals surface area contributed by atoms with Gasteiger partial charge in [-0.15, -0.1) is 11.8 Å². The van der Waals surface area contributed by atoms with Crippen LogP contribution in [0, 0.1) is 0 Å². The smallest absolute Gasteiger partial charge is 0.338 e. The van der Waals surface area contributed by atoms with Gasteiger partial charge in [0.2, 0.25) is 5.91 Å². The van der Waals surface area contributed by atoms with E-state index < -0.39 is 12.6 Å². The number of carbonyl (C=O) groups is 3. The highest BCUT2D eigenvalue weighted by atomic mass is 32.2. The van der Waals surface area contributed by atoms with E-state index in [0.29, 0.717) is 23.4 Å². The standard InChI is InChI=1S/C25H23NO5S/c1-17(27)26-22-14-20(12-13-24(22)32-2)23(28)16-31-25(29)19-10-8-18(9-11-19)15-30-21-6-4-3-5-7-21/h3-14H,15-16H2,1-2H3,(H,26,27). The van der Waals surface area contributed by atoms with E-state index in [0.717, 1.165) is 16.2 Å². The molecular formula is C25H23NO5S. The molecular weight excluding hydrogens is 426 g/mol. The van der Waals surface area contributed by atoms with E-state index in [1.165, 1.54) is 18.7 Å². The summed E-state index contributed by atoms with van der Waals surface area (Å²) in [7, 11) is 0. The van der Waals surface area contributed by atoms with Crippen molar-refractivity contribution in [2.45, 2.75) is 18.4 Å². The summed E-state index contributed by atoms with van der Waals surface area (Å²) in [5, 5.41) is 2.71. The molecule has 1 N–H and O–H groups in total. The zero-order chi connectivity index (χ0) is 22.9. The average Bonchev–Trinajstić information content (AvgIpc) is 2.81. The van der Waals surface area contributed by atoms with Gasteiger partial charge in [-0.25, -0.2) is 4.79 Å². The minimum atomic E-state index is -0.586. The Morgan fingerprint density at radius 3 is 2.25 bits per heavy atom. The Labute approximate surface area is 190 Å². The molecule has 3 rings (SSSR count). The predicted octanol–water partition coefficient (Wildman–Crippen LogP) is 4.99. The van der Waals surface area contributed by atoms with Crippen molar-refractivity contribution in [1.82, 2.24) is 0 Å². The van der Waals surface area contributed by atoms with E-state index in [4.69, 9.17) is 9.47 Å². The highest BCUT2D eigenvalue weighted by Gasteiger charge is 2.14. The maximum absolute atomic E-state index is 12.5. The van der Waals surface area contributed by atoms with Crippen LogP contribution in [0.15, 0.2) is 77.7 Å². The van der Waals surface area contributed by atoms with Crippen molar-refractivity contribution in [3.05, 3.63) is 89.5 Å². The van der Waals surface area contributed by atoms with Gasteiger partial charge in [-0.2, -0.15) is 0 Å². The topological polar surface area (TPSA) is 81.7 Å². The number of nitrogens with one attached hydrogen (secondary N) is 1. The first-order valence-corrected chi connectivity index (χ1v) is 11.1. The maximum Gasteiger partial charge on any atom is 0.338 e. The van der Waals surface area contributed by atoms with Crippen LogP contribution in [0.3, 0.4) is 0 Å². The molecule has 0 saturated carbocycles. The molecule has 3 aromatic rings. The summed E-state index contributed by atoms with van der Waals surface area (Å²) < 4.78 is 10.9. The second-order valence-corrected chi connectivity index (χ2v) is 7.74. The molecule has 1 amide bonds. The van der Waals surface area contributed by atoms with Crippen molar-refractivity contribution in [2.24, 2.45) is 0 Å². The number of Topliss-reactive ketones (excluding diaryl/α,β-unsaturated/α-hetero) is 1. The molecule has 164 valence electrons. The fourth-order valence-corrected chi connectivity index (χ4v) is 3.42. The fraction of sp³-hybridized carbons (Fsp3) is 0.160. The van der Waals surface area contributed by atoms with Gasteiger partial charge in [0.25, 0.3) is 0 Å². The molecule has 0 heterocycles. The molecule has 6 nitrogen and oxygen atoms in total. The number of ether oxygens (including phenoxy) is 2. The zero-order valence-corrected chi connectivity index (χ0v) is 18.6. The lowest BCUT2D eigenvalue weighted by Gasteiger charge is -2.10. The number of anilines is 1. The Morgan fingerprint density at radius 2 is 1.59 bits per heavy atom. The Morgan fingerprint density at radius 1 is 0.906 bits per heavy atom. The molecule has 0 spiro atoms. The molecule has 0 aromatic heterocycles. The number of hydrogen-bond donors (Lipinski definition) is 1. The number of ketones is 1. The third-order valence-corrected chi connectivity index (χ3v) is 5.30. The Kier molecular flexibility index (Phi) is 8.05. The molecule has 0 aliphatic rings. The van der Waals surface area contributed by atoms with Crippen LogP contribution in [-0.4, -0.2) is 30.5 Å². The van der Waals surface area contributed by atoms with Crippen molar-refractivity contribution < 1.29 is 23.9 Å². The molecule has 0 atom stereocenters. The fourth-order valence-electron chi connectivity index (χ4n) is 2.89. The number of rotatable bonds is 9. The van der Waals surface area contributed by atoms with Gasteiger partial charge in [0.15, 0.2) is 12.4 Å². The van der Waals surface area contributed by atoms with Crippen LogP contribution < -0.4 is 10.1 Å². The van der Waals surface area contributed by atoms with Gasteiger partial charge < -0.3 is 14.8 Å². The van der Waals surface area contributed by atoms with Crippen molar-refractivity contribution in [2.75, 3.05) is 18.2 Å². The molecule has 0 fully saturated rings. The number of hydrogen-bond acceptors (Lipinski definition) is 6. The lowest BCUT2D eigenvalue weighted by Crippen LogP contribution is -2.15. The SMILES string of the molecule is CSc1ccc(C(=O)COC(=O)c2ccc(COc3ccccc3)cc2)cc1NC(C)=O. The average molecular weight is 450 g/mol. The zero-order valence-electron chi connectivity index (χ0n) is 17.8. The van der Waals surface area contributed by atoms with Crippen molar-refractivity contribution in [1.29, 1.82) is 0 Å². The van der Waals surface area contributed by atoms with E-state index in [-0.39, 0.29) is 11.7 Å². The van der Waals surface area contributed by atoms with Gasteiger partial charge in [-0.05, 0) is 48.2 Å². The molecule has 3 aromatic carbocycles. The molecule has 0 saturated heterocycles. The minimum absolute atomic E-state index is 0.228.